The normalized spacial score (nSPS) is 11.7. The lowest BCUT2D eigenvalue weighted by molar-refractivity contribution is 0.0636. The number of anilines is 2. The summed E-state index contributed by atoms with van der Waals surface area (Å²) in [5.41, 5.74) is 9.11. The van der Waals surface area contributed by atoms with E-state index in [2.05, 4.69) is 5.32 Å². The maximum Gasteiger partial charge on any atom is 0.413 e. The second-order valence-corrected chi connectivity index (χ2v) is 10.6. The number of hydrogen-bond donors (Lipinski definition) is 2. The summed E-state index contributed by atoms with van der Waals surface area (Å²) in [5.74, 6) is 0.597. The van der Waals surface area contributed by atoms with Gasteiger partial charge in [0.2, 0.25) is 0 Å². The maximum absolute atomic E-state index is 12.3. The molecular formula is C24H32N3O6PS. The molecule has 1 aromatic heterocycles. The molecule has 35 heavy (non-hydrogen) atoms. The molecule has 0 spiro atoms. The Morgan fingerprint density at radius 2 is 1.86 bits per heavy atom. The lowest BCUT2D eigenvalue weighted by Crippen LogP contribution is -2.27. The molecule has 0 bridgehead atoms. The van der Waals surface area contributed by atoms with E-state index in [0.29, 0.717) is 35.3 Å². The van der Waals surface area contributed by atoms with E-state index in [1.165, 1.54) is 11.3 Å². The lowest BCUT2D eigenvalue weighted by Gasteiger charge is -2.18. The van der Waals surface area contributed by atoms with E-state index in [0.717, 1.165) is 21.4 Å². The van der Waals surface area contributed by atoms with Crippen LogP contribution in [0.2, 0.25) is 0 Å². The molecule has 0 fully saturated rings. The van der Waals surface area contributed by atoms with Gasteiger partial charge in [0.05, 0.1) is 42.7 Å². The smallest absolute Gasteiger partial charge is 0.413 e. The number of nitrogens with zero attached hydrogens (tertiary/aromatic N) is 1. The molecule has 3 N–H and O–H groups in total. The van der Waals surface area contributed by atoms with Crippen LogP contribution in [0.1, 0.15) is 40.2 Å². The number of methoxy groups -OCH3 is 1. The van der Waals surface area contributed by atoms with Crippen molar-refractivity contribution in [2.24, 2.45) is 0 Å². The highest BCUT2D eigenvalue weighted by molar-refractivity contribution is 7.41. The van der Waals surface area contributed by atoms with Crippen LogP contribution in [0.15, 0.2) is 30.3 Å². The highest BCUT2D eigenvalue weighted by atomic mass is 32.1. The molecule has 9 nitrogen and oxygen atoms in total. The Labute approximate surface area is 210 Å². The van der Waals surface area contributed by atoms with Crippen LogP contribution < -0.4 is 15.8 Å². The molecule has 1 amide bonds. The third-order valence-corrected chi connectivity index (χ3v) is 6.69. The van der Waals surface area contributed by atoms with Gasteiger partial charge in [0, 0.05) is 11.3 Å². The highest BCUT2D eigenvalue weighted by Crippen LogP contribution is 2.46. The average molecular weight is 522 g/mol. The Morgan fingerprint density at radius 1 is 1.14 bits per heavy atom. The van der Waals surface area contributed by atoms with Gasteiger partial charge in [-0.3, -0.25) is 5.32 Å². The topological polar surface area (TPSA) is 114 Å². The van der Waals surface area contributed by atoms with Crippen molar-refractivity contribution in [1.29, 1.82) is 0 Å². The number of hydrogen-bond acceptors (Lipinski definition) is 9. The van der Waals surface area contributed by atoms with Crippen molar-refractivity contribution in [2.75, 3.05) is 31.4 Å². The second kappa shape index (κ2) is 12.0. The van der Waals surface area contributed by atoms with Crippen molar-refractivity contribution in [1.82, 2.24) is 4.98 Å². The first-order valence-corrected chi connectivity index (χ1v) is 13.1. The Kier molecular flexibility index (Phi) is 9.27. The summed E-state index contributed by atoms with van der Waals surface area (Å²) < 4.78 is 29.2. The van der Waals surface area contributed by atoms with Crippen molar-refractivity contribution in [3.05, 3.63) is 35.9 Å². The van der Waals surface area contributed by atoms with Crippen molar-refractivity contribution in [3.63, 3.8) is 0 Å². The zero-order chi connectivity index (χ0) is 25.6. The quantitative estimate of drug-likeness (QED) is 0.223. The van der Waals surface area contributed by atoms with E-state index in [1.807, 2.05) is 44.2 Å². The number of amides is 1. The molecule has 190 valence electrons. The minimum absolute atomic E-state index is 0.201. The van der Waals surface area contributed by atoms with Crippen LogP contribution >= 0.6 is 19.9 Å². The van der Waals surface area contributed by atoms with E-state index in [4.69, 9.17) is 33.8 Å². The predicted octanol–water partition coefficient (Wildman–Crippen LogP) is 6.72. The number of thiazole rings is 1. The van der Waals surface area contributed by atoms with E-state index in [1.54, 1.807) is 27.9 Å². The van der Waals surface area contributed by atoms with Crippen LogP contribution in [0.4, 0.5) is 15.6 Å². The minimum Gasteiger partial charge on any atom is -0.496 e. The summed E-state index contributed by atoms with van der Waals surface area (Å²) in [6, 6.07) is 9.41. The molecule has 0 aliphatic rings. The number of benzene rings is 2. The zero-order valence-electron chi connectivity index (χ0n) is 20.8. The van der Waals surface area contributed by atoms with Gasteiger partial charge in [0.15, 0.2) is 5.13 Å². The number of nitrogen functional groups attached to an aromatic ring is 1. The third-order valence-electron chi connectivity index (χ3n) is 4.50. The van der Waals surface area contributed by atoms with Crippen LogP contribution in [0, 0.1) is 0 Å². The monoisotopic (exact) mass is 521 g/mol. The van der Waals surface area contributed by atoms with Gasteiger partial charge in [-0.2, -0.15) is 0 Å². The molecule has 1 heterocycles. The van der Waals surface area contributed by atoms with Crippen molar-refractivity contribution in [3.8, 4) is 16.9 Å². The predicted molar refractivity (Wildman–Crippen MR) is 141 cm³/mol. The lowest BCUT2D eigenvalue weighted by atomic mass is 9.99. The molecule has 0 aliphatic carbocycles. The Bertz CT molecular complexity index is 1160. The number of carbonyl (C=O) groups excluding carboxylic acids is 1. The summed E-state index contributed by atoms with van der Waals surface area (Å²) in [6.45, 7) is 10.3. The Morgan fingerprint density at radius 3 is 2.46 bits per heavy atom. The fourth-order valence-corrected chi connectivity index (χ4v) is 5.11. The standard InChI is InChI=1S/C24H32N3O6PS/c1-7-30-34(31-8-2)32-14-16-13-18-20(26-22(35-18)27-23(28)33-24(3,4)5)19(21(16)29-6)15-10-9-11-17(25)12-15/h9-13H,7-8,14,25H2,1-6H3,(H,26,27,28). The molecule has 2 aromatic carbocycles. The van der Waals surface area contributed by atoms with Crippen molar-refractivity contribution in [2.45, 2.75) is 46.8 Å². The van der Waals surface area contributed by atoms with Gasteiger partial charge in [-0.25, -0.2) is 9.78 Å². The van der Waals surface area contributed by atoms with Gasteiger partial charge in [-0.15, -0.1) is 0 Å². The van der Waals surface area contributed by atoms with E-state index in [-0.39, 0.29) is 6.61 Å². The number of fused-ring (bicyclic) bond motifs is 1. The zero-order valence-corrected chi connectivity index (χ0v) is 22.5. The first-order chi connectivity index (χ1) is 16.6. The minimum atomic E-state index is -1.50. The second-order valence-electron chi connectivity index (χ2n) is 8.39. The highest BCUT2D eigenvalue weighted by Gasteiger charge is 2.23. The molecule has 0 saturated carbocycles. The Hall–Kier alpha value is -2.49. The van der Waals surface area contributed by atoms with E-state index >= 15 is 0 Å². The first kappa shape index (κ1) is 27.1. The van der Waals surface area contributed by atoms with Crippen LogP contribution in [0.25, 0.3) is 21.3 Å². The molecule has 0 radical (unpaired) electrons. The summed E-state index contributed by atoms with van der Waals surface area (Å²) in [7, 11) is 0.102. The number of carbonyl (C=O) groups is 1. The van der Waals surface area contributed by atoms with E-state index in [9.17, 15) is 4.79 Å². The number of nitrogens with one attached hydrogen (secondary N) is 1. The summed E-state index contributed by atoms with van der Waals surface area (Å²) in [5, 5.41) is 3.14. The van der Waals surface area contributed by atoms with Gasteiger partial charge in [-0.05, 0) is 58.4 Å². The number of aromatic nitrogens is 1. The van der Waals surface area contributed by atoms with Crippen LogP contribution in [0.3, 0.4) is 0 Å². The molecule has 0 saturated heterocycles. The molecule has 3 rings (SSSR count). The van der Waals surface area contributed by atoms with Gasteiger partial charge < -0.3 is 28.8 Å². The third kappa shape index (κ3) is 7.25. The molecule has 0 atom stereocenters. The SMILES string of the molecule is CCOP(OCC)OCc1cc2sc(NC(=O)OC(C)(C)C)nc2c(-c2cccc(N)c2)c1OC. The number of ether oxygens (including phenoxy) is 2. The summed E-state index contributed by atoms with van der Waals surface area (Å²) >= 11 is 1.33. The molecule has 11 heteroatoms. The number of rotatable bonds is 10. The fourth-order valence-electron chi connectivity index (χ4n) is 3.29. The van der Waals surface area contributed by atoms with Gasteiger partial charge in [-0.1, -0.05) is 23.5 Å². The average Bonchev–Trinajstić information content (AvgIpc) is 3.16. The van der Waals surface area contributed by atoms with Crippen LogP contribution in [-0.4, -0.2) is 37.0 Å². The van der Waals surface area contributed by atoms with Crippen LogP contribution in [-0.2, 0) is 24.9 Å². The maximum atomic E-state index is 12.3. The van der Waals surface area contributed by atoms with Gasteiger partial charge in [0.25, 0.3) is 0 Å². The first-order valence-electron chi connectivity index (χ1n) is 11.2. The largest absolute Gasteiger partial charge is 0.496 e. The summed E-state index contributed by atoms with van der Waals surface area (Å²) in [6.07, 6.45) is -0.573. The van der Waals surface area contributed by atoms with Gasteiger partial charge in [0.1, 0.15) is 11.4 Å². The van der Waals surface area contributed by atoms with Gasteiger partial charge >= 0.3 is 14.7 Å². The molecule has 3 aromatic rings. The fraction of sp³-hybridized carbons (Fsp3) is 0.417. The van der Waals surface area contributed by atoms with Crippen molar-refractivity contribution < 1.29 is 27.8 Å². The van der Waals surface area contributed by atoms with Crippen molar-refractivity contribution >= 4 is 47.1 Å². The van der Waals surface area contributed by atoms with Crippen LogP contribution in [0.5, 0.6) is 5.75 Å². The molecular weight excluding hydrogens is 489 g/mol. The molecule has 0 aliphatic heterocycles. The van der Waals surface area contributed by atoms with E-state index < -0.39 is 20.3 Å². The number of nitrogens with two attached hydrogens (primary N) is 1. The summed E-state index contributed by atoms with van der Waals surface area (Å²) in [4.78, 5) is 17.0. The molecule has 0 unspecified atom stereocenters. The Balaban J connectivity index is 2.07.